The number of nitrogens with zero attached hydrogens (tertiary/aromatic N) is 2. The molecule has 2 aromatic rings. The van der Waals surface area contributed by atoms with Gasteiger partial charge in [-0.2, -0.15) is 5.10 Å². The first kappa shape index (κ1) is 17.3. The Morgan fingerprint density at radius 2 is 2.13 bits per heavy atom. The first-order valence-electron chi connectivity index (χ1n) is 7.80. The molecule has 0 spiro atoms. The van der Waals surface area contributed by atoms with Crippen molar-refractivity contribution in [2.75, 3.05) is 6.54 Å². The Morgan fingerprint density at radius 3 is 2.61 bits per heavy atom. The van der Waals surface area contributed by atoms with Gasteiger partial charge in [0.1, 0.15) is 17.6 Å². The Bertz CT molecular complexity index is 651. The second-order valence-electron chi connectivity index (χ2n) is 6.93. The number of aliphatic hydroxyl groups excluding tert-OH is 1. The van der Waals surface area contributed by atoms with Crippen LogP contribution in [0.15, 0.2) is 28.9 Å². The number of hydrogen-bond acceptors (Lipinski definition) is 4. The zero-order valence-electron chi connectivity index (χ0n) is 14.3. The molecule has 2 aromatic heterocycles. The third-order valence-electron chi connectivity index (χ3n) is 3.52. The zero-order chi connectivity index (χ0) is 17.2. The number of aromatic nitrogens is 2. The summed E-state index contributed by atoms with van der Waals surface area (Å²) < 4.78 is 7.00. The van der Waals surface area contributed by atoms with E-state index in [0.29, 0.717) is 11.5 Å². The molecule has 2 heterocycles. The van der Waals surface area contributed by atoms with Crippen molar-refractivity contribution in [1.29, 1.82) is 0 Å². The third kappa shape index (κ3) is 4.01. The smallest absolute Gasteiger partial charge is 0.271 e. The summed E-state index contributed by atoms with van der Waals surface area (Å²) in [5.74, 6) is 0.380. The molecule has 0 saturated heterocycles. The molecule has 6 heteroatoms. The second kappa shape index (κ2) is 6.58. The molecule has 0 aliphatic rings. The lowest BCUT2D eigenvalue weighted by atomic mass is 10.1. The number of carbonyl (C=O) groups excluding carboxylic acids is 1. The SMILES string of the molecule is CC(C)c1cc(C(=O)NCC(O)c2ccco2)nn1C(C)(C)C. The predicted octanol–water partition coefficient (Wildman–Crippen LogP) is 2.82. The molecule has 2 N–H and O–H groups in total. The number of amides is 1. The van der Waals surface area contributed by atoms with Crippen molar-refractivity contribution in [1.82, 2.24) is 15.1 Å². The van der Waals surface area contributed by atoms with E-state index in [1.54, 1.807) is 12.1 Å². The normalized spacial score (nSPS) is 13.3. The summed E-state index contributed by atoms with van der Waals surface area (Å²) in [6.45, 7) is 10.4. The molecule has 0 aliphatic carbocycles. The molecule has 0 radical (unpaired) electrons. The van der Waals surface area contributed by atoms with E-state index in [2.05, 4.69) is 24.3 Å². The molecule has 2 rings (SSSR count). The first-order valence-corrected chi connectivity index (χ1v) is 7.80. The Labute approximate surface area is 136 Å². The molecule has 0 saturated carbocycles. The average Bonchev–Trinajstić information content (AvgIpc) is 3.11. The highest BCUT2D eigenvalue weighted by atomic mass is 16.4. The van der Waals surface area contributed by atoms with Crippen molar-refractivity contribution in [2.45, 2.75) is 52.2 Å². The fourth-order valence-corrected chi connectivity index (χ4v) is 2.32. The lowest BCUT2D eigenvalue weighted by molar-refractivity contribution is 0.0894. The highest BCUT2D eigenvalue weighted by molar-refractivity contribution is 5.92. The molecule has 0 bridgehead atoms. The first-order chi connectivity index (χ1) is 10.7. The summed E-state index contributed by atoms with van der Waals surface area (Å²) in [5, 5.41) is 17.1. The van der Waals surface area contributed by atoms with Crippen molar-refractivity contribution in [2.24, 2.45) is 0 Å². The predicted molar refractivity (Wildman–Crippen MR) is 87.3 cm³/mol. The number of hydrogen-bond donors (Lipinski definition) is 2. The van der Waals surface area contributed by atoms with Crippen LogP contribution in [0.25, 0.3) is 0 Å². The van der Waals surface area contributed by atoms with Crippen LogP contribution in [0.2, 0.25) is 0 Å². The Kier molecular flexibility index (Phi) is 4.94. The van der Waals surface area contributed by atoms with Gasteiger partial charge in [-0.3, -0.25) is 9.48 Å². The van der Waals surface area contributed by atoms with Crippen LogP contribution < -0.4 is 5.32 Å². The highest BCUT2D eigenvalue weighted by Crippen LogP contribution is 2.23. The molecule has 1 atom stereocenters. The molecule has 126 valence electrons. The van der Waals surface area contributed by atoms with Gasteiger partial charge in [0.2, 0.25) is 0 Å². The summed E-state index contributed by atoms with van der Waals surface area (Å²) in [4.78, 5) is 12.3. The zero-order valence-corrected chi connectivity index (χ0v) is 14.3. The molecular formula is C17H25N3O3. The molecule has 0 aliphatic heterocycles. The van der Waals surface area contributed by atoms with Crippen molar-refractivity contribution in [3.63, 3.8) is 0 Å². The monoisotopic (exact) mass is 319 g/mol. The van der Waals surface area contributed by atoms with E-state index in [-0.39, 0.29) is 23.9 Å². The molecular weight excluding hydrogens is 294 g/mol. The van der Waals surface area contributed by atoms with Crippen LogP contribution in [0.3, 0.4) is 0 Å². The molecule has 23 heavy (non-hydrogen) atoms. The summed E-state index contributed by atoms with van der Waals surface area (Å²) in [6, 6.07) is 5.17. The van der Waals surface area contributed by atoms with Crippen LogP contribution in [0.1, 0.15) is 68.6 Å². The molecule has 1 amide bonds. The number of rotatable bonds is 5. The average molecular weight is 319 g/mol. The maximum atomic E-state index is 12.3. The van der Waals surface area contributed by atoms with Gasteiger partial charge < -0.3 is 14.8 Å². The van der Waals surface area contributed by atoms with Crippen LogP contribution in [0, 0.1) is 0 Å². The van der Waals surface area contributed by atoms with Crippen molar-refractivity contribution >= 4 is 5.91 Å². The quantitative estimate of drug-likeness (QED) is 0.888. The maximum absolute atomic E-state index is 12.3. The summed E-state index contributed by atoms with van der Waals surface area (Å²) in [6.07, 6.45) is 0.614. The van der Waals surface area contributed by atoms with Crippen LogP contribution >= 0.6 is 0 Å². The minimum Gasteiger partial charge on any atom is -0.467 e. The van der Waals surface area contributed by atoms with Crippen molar-refractivity contribution < 1.29 is 14.3 Å². The van der Waals surface area contributed by atoms with Gasteiger partial charge >= 0.3 is 0 Å². The Balaban J connectivity index is 2.10. The number of aliphatic hydroxyl groups is 1. The van der Waals surface area contributed by atoms with E-state index in [0.717, 1.165) is 5.69 Å². The lowest BCUT2D eigenvalue weighted by Gasteiger charge is -2.23. The van der Waals surface area contributed by atoms with E-state index in [1.165, 1.54) is 6.26 Å². The Morgan fingerprint density at radius 1 is 1.43 bits per heavy atom. The fraction of sp³-hybridized carbons (Fsp3) is 0.529. The Hall–Kier alpha value is -2.08. The van der Waals surface area contributed by atoms with Gasteiger partial charge in [-0.05, 0) is 44.9 Å². The standard InChI is InChI=1S/C17H25N3O3/c1-11(2)13-9-12(19-20(13)17(3,4)5)16(22)18-10-14(21)15-7-6-8-23-15/h6-9,11,14,21H,10H2,1-5H3,(H,18,22). The van der Waals surface area contributed by atoms with Gasteiger partial charge in [-0.25, -0.2) is 0 Å². The van der Waals surface area contributed by atoms with Crippen LogP contribution in [0.4, 0.5) is 0 Å². The number of carbonyl (C=O) groups is 1. The molecule has 6 nitrogen and oxygen atoms in total. The van der Waals surface area contributed by atoms with Gasteiger partial charge in [-0.15, -0.1) is 0 Å². The van der Waals surface area contributed by atoms with Crippen molar-refractivity contribution in [3.8, 4) is 0 Å². The van der Waals surface area contributed by atoms with Gasteiger partial charge in [0.15, 0.2) is 0 Å². The van der Waals surface area contributed by atoms with Crippen LogP contribution in [0.5, 0.6) is 0 Å². The van der Waals surface area contributed by atoms with Crippen molar-refractivity contribution in [3.05, 3.63) is 41.6 Å². The molecule has 0 fully saturated rings. The van der Waals surface area contributed by atoms with E-state index < -0.39 is 6.10 Å². The number of furan rings is 1. The summed E-state index contributed by atoms with van der Waals surface area (Å²) in [7, 11) is 0. The number of nitrogens with one attached hydrogen (secondary N) is 1. The van der Waals surface area contributed by atoms with Crippen LogP contribution in [-0.4, -0.2) is 27.3 Å². The third-order valence-corrected chi connectivity index (χ3v) is 3.52. The van der Waals surface area contributed by atoms with Crippen LogP contribution in [-0.2, 0) is 5.54 Å². The summed E-state index contributed by atoms with van der Waals surface area (Å²) in [5.41, 5.74) is 1.16. The fourth-order valence-electron chi connectivity index (χ4n) is 2.32. The largest absolute Gasteiger partial charge is 0.467 e. The summed E-state index contributed by atoms with van der Waals surface area (Å²) >= 11 is 0. The second-order valence-corrected chi connectivity index (χ2v) is 6.93. The topological polar surface area (TPSA) is 80.3 Å². The van der Waals surface area contributed by atoms with Gasteiger partial charge in [0.05, 0.1) is 18.3 Å². The lowest BCUT2D eigenvalue weighted by Crippen LogP contribution is -2.30. The minimum absolute atomic E-state index is 0.0751. The minimum atomic E-state index is -0.872. The molecule has 1 unspecified atom stereocenters. The van der Waals surface area contributed by atoms with E-state index in [4.69, 9.17) is 4.42 Å². The van der Waals surface area contributed by atoms with E-state index in [9.17, 15) is 9.90 Å². The van der Waals surface area contributed by atoms with E-state index >= 15 is 0 Å². The highest BCUT2D eigenvalue weighted by Gasteiger charge is 2.24. The van der Waals surface area contributed by atoms with Gasteiger partial charge in [0.25, 0.3) is 5.91 Å². The van der Waals surface area contributed by atoms with E-state index in [1.807, 2.05) is 31.5 Å². The van der Waals surface area contributed by atoms with Gasteiger partial charge in [0, 0.05) is 5.69 Å². The maximum Gasteiger partial charge on any atom is 0.271 e. The molecule has 0 aromatic carbocycles. The van der Waals surface area contributed by atoms with Gasteiger partial charge in [-0.1, -0.05) is 13.8 Å².